The molecule has 1 aromatic carbocycles. The lowest BCUT2D eigenvalue weighted by Gasteiger charge is -2.34. The van der Waals surface area contributed by atoms with Crippen molar-refractivity contribution in [2.24, 2.45) is 0 Å². The molecule has 3 aromatic rings. The van der Waals surface area contributed by atoms with E-state index in [9.17, 15) is 9.59 Å². The molecule has 0 aliphatic carbocycles. The quantitative estimate of drug-likeness (QED) is 0.681. The zero-order valence-electron chi connectivity index (χ0n) is 15.9. The first-order valence-electron chi connectivity index (χ1n) is 9.46. The zero-order valence-corrected chi connectivity index (χ0v) is 16.7. The van der Waals surface area contributed by atoms with Crippen LogP contribution in [0.3, 0.4) is 0 Å². The van der Waals surface area contributed by atoms with Gasteiger partial charge >= 0.3 is 0 Å². The molecule has 0 spiro atoms. The molecule has 1 aliphatic rings. The van der Waals surface area contributed by atoms with Gasteiger partial charge < -0.3 is 14.4 Å². The van der Waals surface area contributed by atoms with E-state index in [2.05, 4.69) is 12.1 Å². The minimum Gasteiger partial charge on any atom is -0.339 e. The number of thiophene rings is 1. The lowest BCUT2D eigenvalue weighted by Crippen LogP contribution is -2.50. The second-order valence-corrected chi connectivity index (χ2v) is 8.29. The minimum absolute atomic E-state index is 0.0278. The molecule has 0 unspecified atom stereocenters. The van der Waals surface area contributed by atoms with Crippen LogP contribution in [-0.4, -0.2) is 52.4 Å². The molecule has 2 aromatic heterocycles. The number of carbonyl (C=O) groups excluding carboxylic acids is 2. The lowest BCUT2D eigenvalue weighted by atomic mass is 10.2. The van der Waals surface area contributed by atoms with E-state index in [4.69, 9.17) is 0 Å². The van der Waals surface area contributed by atoms with E-state index in [1.165, 1.54) is 11.3 Å². The Balaban J connectivity index is 1.39. The van der Waals surface area contributed by atoms with Crippen LogP contribution in [0.15, 0.2) is 60.8 Å². The van der Waals surface area contributed by atoms with Gasteiger partial charge in [-0.2, -0.15) is 0 Å². The Hall–Kier alpha value is -2.86. The largest absolute Gasteiger partial charge is 0.339 e. The van der Waals surface area contributed by atoms with Crippen LogP contribution in [-0.2, 0) is 6.54 Å². The molecule has 6 heteroatoms. The number of hydrogen-bond donors (Lipinski definition) is 0. The van der Waals surface area contributed by atoms with Crippen molar-refractivity contribution in [2.75, 3.05) is 26.2 Å². The van der Waals surface area contributed by atoms with Gasteiger partial charge in [-0.3, -0.25) is 9.59 Å². The fourth-order valence-electron chi connectivity index (χ4n) is 3.51. The van der Waals surface area contributed by atoms with Crippen molar-refractivity contribution in [2.45, 2.75) is 13.5 Å². The third-order valence-corrected chi connectivity index (χ3v) is 6.04. The molecule has 4 rings (SSSR count). The molecule has 0 radical (unpaired) electrons. The number of amides is 2. The molecule has 1 aliphatic heterocycles. The molecular weight excluding hydrogens is 370 g/mol. The van der Waals surface area contributed by atoms with E-state index < -0.39 is 0 Å². The van der Waals surface area contributed by atoms with Gasteiger partial charge in [0.1, 0.15) is 5.69 Å². The molecule has 0 bridgehead atoms. The van der Waals surface area contributed by atoms with Crippen molar-refractivity contribution < 1.29 is 9.59 Å². The van der Waals surface area contributed by atoms with E-state index in [0.29, 0.717) is 38.4 Å². The Morgan fingerprint density at radius 1 is 0.857 bits per heavy atom. The van der Waals surface area contributed by atoms with Crippen molar-refractivity contribution >= 4 is 23.2 Å². The number of piperazine rings is 1. The van der Waals surface area contributed by atoms with Gasteiger partial charge in [-0.15, -0.1) is 11.3 Å². The zero-order chi connectivity index (χ0) is 19.5. The Bertz CT molecular complexity index is 969. The molecule has 0 saturated carbocycles. The molecule has 144 valence electrons. The minimum atomic E-state index is 0.0278. The van der Waals surface area contributed by atoms with Crippen LogP contribution in [0.25, 0.3) is 0 Å². The molecular formula is C22H23N3O2S. The highest BCUT2D eigenvalue weighted by molar-refractivity contribution is 7.13. The third kappa shape index (κ3) is 3.87. The average molecular weight is 394 g/mol. The Kier molecular flexibility index (Phi) is 5.30. The number of hydrogen-bond acceptors (Lipinski definition) is 3. The summed E-state index contributed by atoms with van der Waals surface area (Å²) < 4.78 is 1.99. The van der Waals surface area contributed by atoms with Gasteiger partial charge in [-0.05, 0) is 36.8 Å². The third-order valence-electron chi connectivity index (χ3n) is 5.05. The summed E-state index contributed by atoms with van der Waals surface area (Å²) in [5.74, 6) is 0.0950. The molecule has 5 nitrogen and oxygen atoms in total. The van der Waals surface area contributed by atoms with Crippen LogP contribution in [0.4, 0.5) is 0 Å². The van der Waals surface area contributed by atoms with E-state index >= 15 is 0 Å². The highest BCUT2D eigenvalue weighted by atomic mass is 32.1. The maximum absolute atomic E-state index is 13.0. The number of carbonyl (C=O) groups is 2. The van der Waals surface area contributed by atoms with Crippen molar-refractivity contribution in [1.29, 1.82) is 0 Å². The second kappa shape index (κ2) is 8.02. The van der Waals surface area contributed by atoms with E-state index in [0.717, 1.165) is 15.3 Å². The van der Waals surface area contributed by atoms with Gasteiger partial charge in [0.05, 0.1) is 4.88 Å². The standard InChI is InChI=1S/C22H23N3O2S/c1-17-9-10-20(28-17)22(27)24-14-12-23(13-15-24)21(26)19-8-5-11-25(19)16-18-6-3-2-4-7-18/h2-11H,12-16H2,1H3. The highest BCUT2D eigenvalue weighted by Gasteiger charge is 2.27. The smallest absolute Gasteiger partial charge is 0.270 e. The fourth-order valence-corrected chi connectivity index (χ4v) is 4.34. The number of aryl methyl sites for hydroxylation is 1. The summed E-state index contributed by atoms with van der Waals surface area (Å²) >= 11 is 1.52. The van der Waals surface area contributed by atoms with Crippen LogP contribution in [0.5, 0.6) is 0 Å². The molecule has 0 atom stereocenters. The van der Waals surface area contributed by atoms with E-state index in [1.807, 2.05) is 70.0 Å². The van der Waals surface area contributed by atoms with Crippen LogP contribution >= 0.6 is 11.3 Å². The van der Waals surface area contributed by atoms with Gasteiger partial charge in [-0.25, -0.2) is 0 Å². The first-order chi connectivity index (χ1) is 13.6. The normalized spacial score (nSPS) is 14.3. The van der Waals surface area contributed by atoms with Gasteiger partial charge in [0, 0.05) is 43.8 Å². The first-order valence-corrected chi connectivity index (χ1v) is 10.3. The molecule has 1 fully saturated rings. The van der Waals surface area contributed by atoms with Crippen molar-refractivity contribution in [3.63, 3.8) is 0 Å². The highest BCUT2D eigenvalue weighted by Crippen LogP contribution is 2.19. The summed E-state index contributed by atoms with van der Waals surface area (Å²) in [5.41, 5.74) is 1.85. The van der Waals surface area contributed by atoms with Gasteiger partial charge in [0.25, 0.3) is 11.8 Å². The van der Waals surface area contributed by atoms with Crippen LogP contribution in [0, 0.1) is 6.92 Å². The number of rotatable bonds is 4. The lowest BCUT2D eigenvalue weighted by molar-refractivity contribution is 0.0532. The Morgan fingerprint density at radius 3 is 2.18 bits per heavy atom. The summed E-state index contributed by atoms with van der Waals surface area (Å²) in [6.45, 7) is 4.94. The topological polar surface area (TPSA) is 45.6 Å². The van der Waals surface area contributed by atoms with E-state index in [1.54, 1.807) is 0 Å². The predicted molar refractivity (Wildman–Crippen MR) is 111 cm³/mol. The number of aromatic nitrogens is 1. The molecule has 2 amide bonds. The Morgan fingerprint density at radius 2 is 1.54 bits per heavy atom. The second-order valence-electron chi connectivity index (χ2n) is 7.00. The summed E-state index contributed by atoms with van der Waals surface area (Å²) in [5, 5.41) is 0. The average Bonchev–Trinajstić information content (AvgIpc) is 3.37. The summed E-state index contributed by atoms with van der Waals surface area (Å²) in [4.78, 5) is 31.2. The van der Waals surface area contributed by atoms with Crippen LogP contribution < -0.4 is 0 Å². The summed E-state index contributed by atoms with van der Waals surface area (Å²) in [6, 6.07) is 17.8. The van der Waals surface area contributed by atoms with Crippen molar-refractivity contribution in [1.82, 2.24) is 14.4 Å². The SMILES string of the molecule is Cc1ccc(C(=O)N2CCN(C(=O)c3cccn3Cc3ccccc3)CC2)s1. The maximum atomic E-state index is 13.0. The van der Waals surface area contributed by atoms with Crippen molar-refractivity contribution in [3.05, 3.63) is 81.8 Å². The first kappa shape index (κ1) is 18.5. The summed E-state index contributed by atoms with van der Waals surface area (Å²) in [7, 11) is 0. The van der Waals surface area contributed by atoms with Crippen molar-refractivity contribution in [3.8, 4) is 0 Å². The van der Waals surface area contributed by atoms with Gasteiger partial charge in [0.2, 0.25) is 0 Å². The fraction of sp³-hybridized carbons (Fsp3) is 0.273. The van der Waals surface area contributed by atoms with Crippen LogP contribution in [0.1, 0.15) is 30.6 Å². The molecule has 28 heavy (non-hydrogen) atoms. The summed E-state index contributed by atoms with van der Waals surface area (Å²) in [6.07, 6.45) is 1.94. The Labute approximate surface area is 168 Å². The monoisotopic (exact) mass is 393 g/mol. The van der Waals surface area contributed by atoms with Crippen LogP contribution in [0.2, 0.25) is 0 Å². The molecule has 0 N–H and O–H groups in total. The van der Waals surface area contributed by atoms with Gasteiger partial charge in [0.15, 0.2) is 0 Å². The predicted octanol–water partition coefficient (Wildman–Crippen LogP) is 3.50. The molecule has 1 saturated heterocycles. The number of nitrogens with zero attached hydrogens (tertiary/aromatic N) is 3. The van der Waals surface area contributed by atoms with Gasteiger partial charge in [-0.1, -0.05) is 30.3 Å². The maximum Gasteiger partial charge on any atom is 0.270 e. The molecule has 3 heterocycles. The van der Waals surface area contributed by atoms with E-state index in [-0.39, 0.29) is 11.8 Å². The number of benzene rings is 1.